The number of nitrogens with zero attached hydrogens (tertiary/aromatic N) is 5. The van der Waals surface area contributed by atoms with Crippen molar-refractivity contribution >= 4 is 17.5 Å². The van der Waals surface area contributed by atoms with Crippen LogP contribution in [0.1, 0.15) is 85.3 Å². The highest BCUT2D eigenvalue weighted by Gasteiger charge is 2.52. The van der Waals surface area contributed by atoms with Gasteiger partial charge >= 0.3 is 12.1 Å². The van der Waals surface area contributed by atoms with Crippen LogP contribution in [0, 0.1) is 37.0 Å². The molecule has 220 valence electrons. The maximum absolute atomic E-state index is 14.0. The zero-order valence-corrected chi connectivity index (χ0v) is 23.6. The van der Waals surface area contributed by atoms with E-state index in [2.05, 4.69) is 21.1 Å². The number of ketones is 1. The Kier molecular flexibility index (Phi) is 6.86. The van der Waals surface area contributed by atoms with Gasteiger partial charge in [0, 0.05) is 24.2 Å². The molecule has 0 spiro atoms. The highest BCUT2D eigenvalue weighted by atomic mass is 19.4. The first-order valence-corrected chi connectivity index (χ1v) is 14.5. The minimum absolute atomic E-state index is 0.00267. The number of halogens is 3. The lowest BCUT2D eigenvalue weighted by Gasteiger charge is -2.43. The summed E-state index contributed by atoms with van der Waals surface area (Å²) in [5.74, 6) is -1.25. The van der Waals surface area contributed by atoms with E-state index in [0.29, 0.717) is 30.0 Å². The number of Topliss-reactive ketones (excluding diaryl/α,β-unsaturated/α-hetero) is 1. The molecule has 3 fully saturated rings. The van der Waals surface area contributed by atoms with E-state index in [-0.39, 0.29) is 42.9 Å². The monoisotopic (exact) mass is 579 g/mol. The Labute approximate surface area is 241 Å². The molecule has 6 rings (SSSR count). The fourth-order valence-electron chi connectivity index (χ4n) is 6.88. The van der Waals surface area contributed by atoms with Crippen LogP contribution >= 0.6 is 0 Å². The summed E-state index contributed by atoms with van der Waals surface area (Å²) in [6.45, 7) is 3.72. The third kappa shape index (κ3) is 5.05. The summed E-state index contributed by atoms with van der Waals surface area (Å²) in [5.41, 5.74) is -0.851. The van der Waals surface area contributed by atoms with Crippen LogP contribution in [0.4, 0.5) is 13.2 Å². The van der Waals surface area contributed by atoms with Crippen LogP contribution in [0.3, 0.4) is 0 Å². The predicted molar refractivity (Wildman–Crippen MR) is 144 cm³/mol. The van der Waals surface area contributed by atoms with E-state index in [1.54, 1.807) is 10.6 Å². The maximum atomic E-state index is 14.0. The van der Waals surface area contributed by atoms with E-state index >= 15 is 0 Å². The average Bonchev–Trinajstić information content (AvgIpc) is 3.31. The summed E-state index contributed by atoms with van der Waals surface area (Å²) in [4.78, 5) is 35.7. The molecule has 0 radical (unpaired) electrons. The van der Waals surface area contributed by atoms with Crippen LogP contribution in [-0.4, -0.2) is 36.9 Å². The molecule has 0 N–H and O–H groups in total. The van der Waals surface area contributed by atoms with Crippen LogP contribution in [0.2, 0.25) is 0 Å². The first-order valence-electron chi connectivity index (χ1n) is 14.5. The fraction of sp³-hybridized carbons (Fsp3) is 0.548. The van der Waals surface area contributed by atoms with Crippen molar-refractivity contribution in [1.29, 1.82) is 5.26 Å². The molecule has 3 aliphatic rings. The molecule has 8 nitrogen and oxygen atoms in total. The first kappa shape index (κ1) is 28.3. The van der Waals surface area contributed by atoms with Gasteiger partial charge in [0.25, 0.3) is 5.78 Å². The molecule has 1 aromatic carbocycles. The minimum atomic E-state index is -4.60. The average molecular weight is 580 g/mol. The van der Waals surface area contributed by atoms with Gasteiger partial charge in [-0.25, -0.2) is 9.50 Å². The van der Waals surface area contributed by atoms with Gasteiger partial charge in [0.2, 0.25) is 0 Å². The van der Waals surface area contributed by atoms with Gasteiger partial charge in [0.15, 0.2) is 11.6 Å². The van der Waals surface area contributed by atoms with Crippen LogP contribution in [0.25, 0.3) is 5.78 Å². The molecule has 0 amide bonds. The zero-order chi connectivity index (χ0) is 29.9. The number of carbonyl (C=O) groups is 2. The molecule has 0 bridgehead atoms. The summed E-state index contributed by atoms with van der Waals surface area (Å²) in [6.07, 6.45) is 0.175. The van der Waals surface area contributed by atoms with Crippen molar-refractivity contribution in [2.24, 2.45) is 11.8 Å². The second-order valence-corrected chi connectivity index (χ2v) is 12.2. The summed E-state index contributed by atoms with van der Waals surface area (Å²) < 4.78 is 49.8. The highest BCUT2D eigenvalue weighted by Crippen LogP contribution is 2.52. The topological polar surface area (TPSA) is 110 Å². The number of hydrogen-bond acceptors (Lipinski definition) is 7. The van der Waals surface area contributed by atoms with E-state index in [0.717, 1.165) is 43.1 Å². The Morgan fingerprint density at radius 2 is 1.86 bits per heavy atom. The number of carbonyl (C=O) groups excluding carboxylic acids is 2. The van der Waals surface area contributed by atoms with Crippen molar-refractivity contribution in [3.63, 3.8) is 0 Å². The number of fused-ring (bicyclic) bond motifs is 1. The molecule has 2 aliphatic carbocycles. The van der Waals surface area contributed by atoms with Crippen LogP contribution in [0.5, 0.6) is 0 Å². The maximum Gasteiger partial charge on any atom is 0.416 e. The fourth-order valence-corrected chi connectivity index (χ4v) is 6.88. The van der Waals surface area contributed by atoms with Crippen molar-refractivity contribution in [2.45, 2.75) is 95.2 Å². The Bertz CT molecular complexity index is 1590. The SMILES string of the molecule is Cc1cc(C)n2nc(CC3C(=O)CC(CCc4ccc(C5(C#N)CC5)c(C(F)(F)F)c4)(C4CCCC4)OC3=O)nc2n1. The second-order valence-electron chi connectivity index (χ2n) is 12.2. The summed E-state index contributed by atoms with van der Waals surface area (Å²) in [5, 5.41) is 14.0. The number of hydrogen-bond donors (Lipinski definition) is 0. The van der Waals surface area contributed by atoms with E-state index in [1.807, 2.05) is 19.9 Å². The largest absolute Gasteiger partial charge is 0.458 e. The summed E-state index contributed by atoms with van der Waals surface area (Å²) in [6, 6.07) is 8.10. The van der Waals surface area contributed by atoms with Gasteiger partial charge in [-0.2, -0.15) is 23.4 Å². The van der Waals surface area contributed by atoms with Crippen molar-refractivity contribution in [1.82, 2.24) is 19.6 Å². The van der Waals surface area contributed by atoms with Gasteiger partial charge < -0.3 is 4.74 Å². The van der Waals surface area contributed by atoms with Crippen molar-refractivity contribution < 1.29 is 27.5 Å². The summed E-state index contributed by atoms with van der Waals surface area (Å²) in [7, 11) is 0. The Morgan fingerprint density at radius 1 is 1.12 bits per heavy atom. The third-order valence-corrected chi connectivity index (χ3v) is 9.30. The molecule has 42 heavy (non-hydrogen) atoms. The Hall–Kier alpha value is -3.81. The van der Waals surface area contributed by atoms with Gasteiger partial charge in [0.1, 0.15) is 11.5 Å². The lowest BCUT2D eigenvalue weighted by molar-refractivity contribution is -0.185. The molecule has 11 heteroatoms. The van der Waals surface area contributed by atoms with Crippen LogP contribution in [-0.2, 0) is 38.8 Å². The number of alkyl halides is 3. The molecule has 3 heterocycles. The number of aromatic nitrogens is 4. The van der Waals surface area contributed by atoms with Crippen molar-refractivity contribution in [3.05, 3.63) is 58.2 Å². The zero-order valence-electron chi connectivity index (χ0n) is 23.6. The predicted octanol–water partition coefficient (Wildman–Crippen LogP) is 5.55. The van der Waals surface area contributed by atoms with Gasteiger partial charge in [-0.05, 0) is 81.5 Å². The number of ether oxygens (including phenoxy) is 1. The molecule has 2 saturated carbocycles. The highest BCUT2D eigenvalue weighted by molar-refractivity contribution is 6.01. The number of cyclic esters (lactones) is 1. The second kappa shape index (κ2) is 10.2. The van der Waals surface area contributed by atoms with E-state index in [9.17, 15) is 28.0 Å². The molecular weight excluding hydrogens is 547 g/mol. The van der Waals surface area contributed by atoms with Crippen molar-refractivity contribution in [2.75, 3.05) is 0 Å². The number of rotatable bonds is 7. The van der Waals surface area contributed by atoms with E-state index < -0.39 is 34.6 Å². The number of nitriles is 1. The molecule has 2 atom stereocenters. The molecule has 2 aromatic heterocycles. The van der Waals surface area contributed by atoms with Gasteiger partial charge in [0.05, 0.1) is 17.0 Å². The van der Waals surface area contributed by atoms with Gasteiger partial charge in [-0.3, -0.25) is 9.59 Å². The van der Waals surface area contributed by atoms with Crippen LogP contribution in [0.15, 0.2) is 24.3 Å². The van der Waals surface area contributed by atoms with Gasteiger partial charge in [-0.1, -0.05) is 25.0 Å². The lowest BCUT2D eigenvalue weighted by Crippen LogP contribution is -2.52. The van der Waals surface area contributed by atoms with Crippen molar-refractivity contribution in [3.8, 4) is 6.07 Å². The van der Waals surface area contributed by atoms with Crippen LogP contribution < -0.4 is 0 Å². The normalized spacial score (nSPS) is 24.1. The molecule has 3 aromatic rings. The molecular formula is C31H32F3N5O3. The Morgan fingerprint density at radius 3 is 2.50 bits per heavy atom. The quantitative estimate of drug-likeness (QED) is 0.267. The molecule has 1 aliphatic heterocycles. The third-order valence-electron chi connectivity index (χ3n) is 9.30. The standard InChI is InChI=1S/C31H32F3N5O3/c1-18-13-19(2)39-28(36-18)37-26(38-39)15-22-25(40)16-30(42-27(22)41,21-5-3-4-6-21)10-9-20-7-8-23(29(17-35)11-12-29)24(14-20)31(32,33)34/h7-8,13-14,21-22H,3-6,9-12,15-16H2,1-2H3. The number of benzene rings is 1. The first-order chi connectivity index (χ1) is 19.9. The lowest BCUT2D eigenvalue weighted by atomic mass is 9.73. The van der Waals surface area contributed by atoms with Gasteiger partial charge in [-0.15, -0.1) is 5.10 Å². The molecule has 2 unspecified atom stereocenters. The van der Waals surface area contributed by atoms with E-state index in [4.69, 9.17) is 4.74 Å². The Balaban J connectivity index is 1.23. The summed E-state index contributed by atoms with van der Waals surface area (Å²) >= 11 is 0. The number of aryl methyl sites for hydroxylation is 3. The molecule has 1 saturated heterocycles. The smallest absolute Gasteiger partial charge is 0.416 e. The minimum Gasteiger partial charge on any atom is -0.458 e. The van der Waals surface area contributed by atoms with E-state index in [1.165, 1.54) is 6.07 Å². The number of esters is 1.